The lowest BCUT2D eigenvalue weighted by atomic mass is 10.00. The SMILES string of the molecule is CCN1CCN(Cc2ccc(NC(=O)c3cccc(-c4ccc5nc(NC(=O)COCCOCCOCCNC(=O)[C@H](CC(C)C)NC(=O)[C@@H](O)[C@H](N)Cc6ccccc6)sc5n4)c3)cc2C(F)(F)F)CC1. The third-order valence-electron chi connectivity index (χ3n) is 11.8. The number of carbonyl (C=O) groups is 4. The molecule has 4 amide bonds. The van der Waals surface area contributed by atoms with E-state index in [1.165, 1.54) is 12.1 Å². The summed E-state index contributed by atoms with van der Waals surface area (Å²) in [4.78, 5) is 65.6. The molecule has 388 valence electrons. The maximum atomic E-state index is 14.2. The van der Waals surface area contributed by atoms with Crippen molar-refractivity contribution >= 4 is 56.1 Å². The number of amides is 4. The highest BCUT2D eigenvalue weighted by atomic mass is 32.1. The van der Waals surface area contributed by atoms with E-state index in [0.717, 1.165) is 42.6 Å². The molecule has 0 radical (unpaired) electrons. The molecule has 0 spiro atoms. The number of likely N-dealkylation sites (N-methyl/N-ethyl adjacent to an activating group) is 1. The molecule has 3 atom stereocenters. The minimum absolute atomic E-state index is 0.0344. The molecule has 21 heteroatoms. The van der Waals surface area contributed by atoms with Crippen LogP contribution >= 0.6 is 11.3 Å². The van der Waals surface area contributed by atoms with Crippen molar-refractivity contribution in [3.8, 4) is 11.3 Å². The first-order chi connectivity index (χ1) is 34.6. The molecule has 2 aromatic heterocycles. The van der Waals surface area contributed by atoms with Crippen LogP contribution in [0.15, 0.2) is 84.9 Å². The van der Waals surface area contributed by atoms with Crippen LogP contribution in [-0.2, 0) is 47.7 Å². The summed E-state index contributed by atoms with van der Waals surface area (Å²) in [6.07, 6.45) is -5.43. The molecule has 72 heavy (non-hydrogen) atoms. The number of fused-ring (bicyclic) bond motifs is 1. The number of thiazole rings is 1. The number of halogens is 3. The van der Waals surface area contributed by atoms with Gasteiger partial charge >= 0.3 is 6.18 Å². The van der Waals surface area contributed by atoms with E-state index >= 15 is 0 Å². The highest BCUT2D eigenvalue weighted by Crippen LogP contribution is 2.35. The van der Waals surface area contributed by atoms with Gasteiger partial charge in [0, 0.05) is 62.1 Å². The molecule has 7 N–H and O–H groups in total. The second kappa shape index (κ2) is 27.2. The molecule has 1 saturated heterocycles. The Bertz CT molecular complexity index is 2560. The number of nitrogens with zero attached hydrogens (tertiary/aromatic N) is 4. The molecule has 0 unspecified atom stereocenters. The van der Waals surface area contributed by atoms with Gasteiger partial charge in [-0.25, -0.2) is 9.97 Å². The van der Waals surface area contributed by atoms with Crippen molar-refractivity contribution in [1.29, 1.82) is 0 Å². The first-order valence-electron chi connectivity index (χ1n) is 24.0. The van der Waals surface area contributed by atoms with Crippen LogP contribution in [0.1, 0.15) is 54.2 Å². The van der Waals surface area contributed by atoms with Crippen LogP contribution in [0.25, 0.3) is 21.6 Å². The van der Waals surface area contributed by atoms with E-state index in [9.17, 15) is 37.5 Å². The van der Waals surface area contributed by atoms with E-state index in [1.807, 2.05) is 49.1 Å². The van der Waals surface area contributed by atoms with Crippen molar-refractivity contribution in [3.63, 3.8) is 0 Å². The maximum Gasteiger partial charge on any atom is 0.416 e. The number of alkyl halides is 3. The van der Waals surface area contributed by atoms with Gasteiger partial charge in [-0.15, -0.1) is 0 Å². The highest BCUT2D eigenvalue weighted by molar-refractivity contribution is 7.22. The lowest BCUT2D eigenvalue weighted by molar-refractivity contribution is -0.138. The fourth-order valence-electron chi connectivity index (χ4n) is 7.90. The fourth-order valence-corrected chi connectivity index (χ4v) is 8.75. The molecule has 3 heterocycles. The van der Waals surface area contributed by atoms with Crippen LogP contribution in [0.2, 0.25) is 0 Å². The van der Waals surface area contributed by atoms with E-state index in [4.69, 9.17) is 19.9 Å². The number of aliphatic hydroxyl groups is 1. The zero-order valence-electron chi connectivity index (χ0n) is 40.7. The van der Waals surface area contributed by atoms with E-state index in [2.05, 4.69) is 43.1 Å². The minimum atomic E-state index is -4.60. The molecule has 0 saturated carbocycles. The van der Waals surface area contributed by atoms with Gasteiger partial charge in [0.2, 0.25) is 5.91 Å². The molecule has 3 aromatic carbocycles. The summed E-state index contributed by atoms with van der Waals surface area (Å²) in [6.45, 7) is 10.9. The summed E-state index contributed by atoms with van der Waals surface area (Å²) in [5, 5.41) is 21.6. The number of benzene rings is 3. The summed E-state index contributed by atoms with van der Waals surface area (Å²) < 4.78 is 59.2. The first-order valence-corrected chi connectivity index (χ1v) is 24.8. The van der Waals surface area contributed by atoms with Gasteiger partial charge in [0.05, 0.1) is 44.3 Å². The average Bonchev–Trinajstić information content (AvgIpc) is 3.77. The molecule has 1 aliphatic rings. The molecule has 0 aliphatic carbocycles. The Kier molecular flexibility index (Phi) is 21.0. The van der Waals surface area contributed by atoms with Crippen molar-refractivity contribution in [1.82, 2.24) is 30.4 Å². The quantitative estimate of drug-likeness (QED) is 0.0386. The number of hydrogen-bond donors (Lipinski definition) is 6. The predicted molar refractivity (Wildman–Crippen MR) is 269 cm³/mol. The van der Waals surface area contributed by atoms with Crippen LogP contribution in [0, 0.1) is 5.92 Å². The van der Waals surface area contributed by atoms with Crippen LogP contribution in [0.4, 0.5) is 24.0 Å². The second-order valence-corrected chi connectivity index (χ2v) is 18.7. The summed E-state index contributed by atoms with van der Waals surface area (Å²) in [7, 11) is 0. The molecule has 0 bridgehead atoms. The zero-order chi connectivity index (χ0) is 51.6. The number of aliphatic hydroxyl groups excluding tert-OH is 1. The number of carbonyl (C=O) groups excluding carboxylic acids is 4. The van der Waals surface area contributed by atoms with Gasteiger partial charge in [-0.05, 0) is 72.8 Å². The van der Waals surface area contributed by atoms with Crippen molar-refractivity contribution in [2.75, 3.05) is 89.5 Å². The normalized spacial score (nSPS) is 14.7. The summed E-state index contributed by atoms with van der Waals surface area (Å²) in [5.41, 5.74) is 8.28. The highest BCUT2D eigenvalue weighted by Gasteiger charge is 2.35. The Balaban J connectivity index is 0.869. The lowest BCUT2D eigenvalue weighted by Crippen LogP contribution is -2.54. The Morgan fingerprint density at radius 3 is 2.24 bits per heavy atom. The molecule has 1 fully saturated rings. The van der Waals surface area contributed by atoms with E-state index < -0.39 is 53.6 Å². The number of rotatable bonds is 26. The van der Waals surface area contributed by atoms with Crippen molar-refractivity contribution in [2.45, 2.75) is 64.5 Å². The zero-order valence-corrected chi connectivity index (χ0v) is 41.5. The number of pyridine rings is 1. The summed E-state index contributed by atoms with van der Waals surface area (Å²) in [6, 6.07) is 21.5. The standard InChI is InChI=1S/C51H64F3N9O8S/c1-4-62-18-20-63(21-19-62)31-37-13-14-38(30-39(37)51(52,53)54)57-46(66)36-12-8-11-35(29-36)41-15-16-42-49(59-41)72-50(60-42)61-44(64)32-71-26-25-70-24-23-69-22-17-56-47(67)43(27-33(2)3)58-48(68)45(65)40(55)28-34-9-6-5-7-10-34/h5-16,29-30,33,40,43,45,65H,4,17-28,31-32,55H2,1-3H3,(H,56,67)(H,57,66)(H,58,68)(H,60,61,64)/t40-,43+,45+/m1/s1. The number of nitrogens with two attached hydrogens (primary N) is 1. The number of hydrogen-bond acceptors (Lipinski definition) is 14. The van der Waals surface area contributed by atoms with Gasteiger partial charge in [0.25, 0.3) is 17.7 Å². The first kappa shape index (κ1) is 55.4. The number of ether oxygens (including phenoxy) is 3. The van der Waals surface area contributed by atoms with Gasteiger partial charge in [0.15, 0.2) is 5.13 Å². The predicted octanol–water partition coefficient (Wildman–Crippen LogP) is 5.33. The van der Waals surface area contributed by atoms with Gasteiger partial charge in [-0.1, -0.05) is 80.6 Å². The van der Waals surface area contributed by atoms with Crippen LogP contribution in [0.3, 0.4) is 0 Å². The molecular formula is C51H64F3N9O8S. The van der Waals surface area contributed by atoms with E-state index in [-0.39, 0.29) is 75.5 Å². The maximum absolute atomic E-state index is 14.2. The Hall–Kier alpha value is -5.91. The van der Waals surface area contributed by atoms with Gasteiger partial charge < -0.3 is 45.9 Å². The van der Waals surface area contributed by atoms with Crippen molar-refractivity contribution in [3.05, 3.63) is 107 Å². The largest absolute Gasteiger partial charge is 0.416 e. The smallest absolute Gasteiger partial charge is 0.382 e. The van der Waals surface area contributed by atoms with Gasteiger partial charge in [0.1, 0.15) is 29.1 Å². The van der Waals surface area contributed by atoms with E-state index in [1.54, 1.807) is 36.4 Å². The second-order valence-electron chi connectivity index (χ2n) is 17.8. The molecule has 5 aromatic rings. The molecule has 17 nitrogen and oxygen atoms in total. The summed E-state index contributed by atoms with van der Waals surface area (Å²) >= 11 is 1.15. The molecular weight excluding hydrogens is 956 g/mol. The Morgan fingerprint density at radius 2 is 1.53 bits per heavy atom. The number of aromatic nitrogens is 2. The van der Waals surface area contributed by atoms with Crippen molar-refractivity contribution in [2.24, 2.45) is 11.7 Å². The van der Waals surface area contributed by atoms with Crippen LogP contribution in [0.5, 0.6) is 0 Å². The van der Waals surface area contributed by atoms with Crippen molar-refractivity contribution < 1.29 is 51.7 Å². The summed E-state index contributed by atoms with van der Waals surface area (Å²) in [5.74, 6) is -2.03. The van der Waals surface area contributed by atoms with E-state index in [0.29, 0.717) is 52.7 Å². The number of piperazine rings is 1. The molecule has 6 rings (SSSR count). The number of anilines is 2. The topological polar surface area (TPSA) is 223 Å². The third-order valence-corrected chi connectivity index (χ3v) is 12.6. The van der Waals surface area contributed by atoms with Gasteiger partial charge in [-0.2, -0.15) is 13.2 Å². The monoisotopic (exact) mass is 1020 g/mol. The lowest BCUT2D eigenvalue weighted by Gasteiger charge is -2.34. The third kappa shape index (κ3) is 17.1. The van der Waals surface area contributed by atoms with Crippen LogP contribution in [-0.4, -0.2) is 146 Å². The van der Waals surface area contributed by atoms with Crippen LogP contribution < -0.4 is 27.0 Å². The average molecular weight is 1020 g/mol. The Labute approximate surface area is 421 Å². The number of nitrogens with one attached hydrogen (secondary N) is 4. The molecule has 1 aliphatic heterocycles. The minimum Gasteiger partial charge on any atom is -0.382 e. The van der Waals surface area contributed by atoms with Gasteiger partial charge in [-0.3, -0.25) is 29.4 Å². The fraction of sp³-hybridized carbons (Fsp3) is 0.451. The Morgan fingerprint density at radius 1 is 0.819 bits per heavy atom.